The zero-order chi connectivity index (χ0) is 39.6. The molecule has 0 aliphatic carbocycles. The molecule has 290 valence electrons. The summed E-state index contributed by atoms with van der Waals surface area (Å²) in [6.45, 7) is 0.512. The minimum atomic E-state index is -1.67. The predicted molar refractivity (Wildman–Crippen MR) is 169 cm³/mol. The molecule has 0 unspecified atom stereocenters. The fourth-order valence-electron chi connectivity index (χ4n) is 3.66. The number of amides is 8. The van der Waals surface area contributed by atoms with Gasteiger partial charge in [-0.15, -0.1) is 0 Å². The topological polar surface area (TPSA) is 397 Å². The van der Waals surface area contributed by atoms with Gasteiger partial charge in [-0.05, 0) is 27.7 Å². The zero-order valence-electron chi connectivity index (χ0n) is 28.2. The fraction of sp³-hybridized carbons (Fsp3) is 0.667. The van der Waals surface area contributed by atoms with Crippen LogP contribution in [0.2, 0.25) is 0 Å². The molecule has 0 aromatic carbocycles. The fourth-order valence-corrected chi connectivity index (χ4v) is 3.66. The van der Waals surface area contributed by atoms with Crippen LogP contribution >= 0.6 is 0 Å². The van der Waals surface area contributed by atoms with Gasteiger partial charge in [0.25, 0.3) is 0 Å². The van der Waals surface area contributed by atoms with Crippen LogP contribution in [0.5, 0.6) is 0 Å². The van der Waals surface area contributed by atoms with Crippen molar-refractivity contribution in [2.24, 2.45) is 5.73 Å². The van der Waals surface area contributed by atoms with Crippen molar-refractivity contribution in [1.82, 2.24) is 42.5 Å². The van der Waals surface area contributed by atoms with Gasteiger partial charge < -0.3 is 78.9 Å². The maximum atomic E-state index is 12.5. The molecule has 0 heterocycles. The molecule has 9 atom stereocenters. The number of carbonyl (C=O) groups excluding carboxylic acids is 8. The van der Waals surface area contributed by atoms with Crippen molar-refractivity contribution in [2.75, 3.05) is 32.8 Å². The number of aliphatic hydroxyl groups is 5. The summed E-state index contributed by atoms with van der Waals surface area (Å²) in [4.78, 5) is 109. The highest BCUT2D eigenvalue weighted by Gasteiger charge is 2.30. The molecule has 0 fully saturated rings. The molecule has 0 saturated heterocycles. The Balaban J connectivity index is 4.96. The van der Waals surface area contributed by atoms with Gasteiger partial charge >= 0.3 is 5.97 Å². The van der Waals surface area contributed by atoms with Crippen LogP contribution in [0.25, 0.3) is 0 Å². The summed E-state index contributed by atoms with van der Waals surface area (Å²) in [5, 5.41) is 73.8. The van der Waals surface area contributed by atoms with Crippen LogP contribution < -0.4 is 48.3 Å². The van der Waals surface area contributed by atoms with Gasteiger partial charge in [0.1, 0.15) is 24.2 Å². The Morgan fingerprint density at radius 1 is 0.490 bits per heavy atom. The van der Waals surface area contributed by atoms with Gasteiger partial charge in [-0.1, -0.05) is 0 Å². The molecule has 0 bridgehead atoms. The maximum absolute atomic E-state index is 12.5. The highest BCUT2D eigenvalue weighted by Crippen LogP contribution is 1.97. The summed E-state index contributed by atoms with van der Waals surface area (Å²) < 4.78 is 0. The van der Waals surface area contributed by atoms with Crippen molar-refractivity contribution in [1.29, 1.82) is 0 Å². The molecule has 0 rings (SSSR count). The average Bonchev–Trinajstić information content (AvgIpc) is 3.05. The van der Waals surface area contributed by atoms with E-state index in [0.29, 0.717) is 0 Å². The van der Waals surface area contributed by atoms with Crippen molar-refractivity contribution in [3.63, 3.8) is 0 Å². The van der Waals surface area contributed by atoms with Gasteiger partial charge in [-0.2, -0.15) is 0 Å². The minimum absolute atomic E-state index is 0.671. The molecule has 0 aromatic rings. The van der Waals surface area contributed by atoms with Crippen molar-refractivity contribution in [3.05, 3.63) is 0 Å². The van der Waals surface area contributed by atoms with Crippen LogP contribution in [-0.2, 0) is 43.2 Å². The monoisotopic (exact) mass is 737 g/mol. The largest absolute Gasteiger partial charge is 0.480 e. The van der Waals surface area contributed by atoms with E-state index < -0.39 is 141 Å². The molecule has 8 amide bonds. The number of nitrogens with two attached hydrogens (primary N) is 1. The lowest BCUT2D eigenvalue weighted by atomic mass is 10.1. The summed E-state index contributed by atoms with van der Waals surface area (Å²) in [6, 6.07) is -7.92. The van der Waals surface area contributed by atoms with Crippen LogP contribution in [0.3, 0.4) is 0 Å². The van der Waals surface area contributed by atoms with Crippen LogP contribution in [-0.4, -0.2) is 171 Å². The van der Waals surface area contributed by atoms with Crippen molar-refractivity contribution in [2.45, 2.75) is 82.3 Å². The number of carboxylic acid groups (broad SMARTS) is 1. The Morgan fingerprint density at radius 2 is 0.804 bits per heavy atom. The third-order valence-electron chi connectivity index (χ3n) is 6.58. The van der Waals surface area contributed by atoms with E-state index in [1.807, 2.05) is 5.32 Å². The quantitative estimate of drug-likeness (QED) is 0.0490. The molecule has 0 aliphatic heterocycles. The molecule has 0 radical (unpaired) electrons. The third kappa shape index (κ3) is 17.5. The SMILES string of the molecule is C[C@@H](O)[C@H](N)C(=O)NCC(=O)N[C@H](C(=O)NCC(=O)N[C@@H](CO)C(=O)NCC(=O)N[C@H](C(=O)NCC(=O)N[C@H](C(=O)O)[C@@H](C)O)[C@@H](C)O)[C@@H](C)O. The Hall–Kier alpha value is -5.01. The summed E-state index contributed by atoms with van der Waals surface area (Å²) in [5.41, 5.74) is 5.44. The standard InChI is InChI=1S/C27H47N9O15/c1-10(38)19(28)24(47)30-7-17(44)35-20(11(2)39)25(48)31-5-15(42)33-14(9-37)23(46)29-6-16(43)34-21(12(3)40)26(49)32-8-18(45)36-22(13(4)41)27(50)51/h10-14,19-22,37-41H,5-9,28H2,1-4H3,(H,29,46)(H,30,47)(H,31,48)(H,32,49)(H,33,42)(H,34,43)(H,35,44)(H,36,45)(H,50,51)/t10-,11-,12-,13-,14+,19+,20+,21+,22+/m1/s1. The molecule has 0 saturated carbocycles. The van der Waals surface area contributed by atoms with E-state index in [-0.39, 0.29) is 0 Å². The summed E-state index contributed by atoms with van der Waals surface area (Å²) >= 11 is 0. The van der Waals surface area contributed by atoms with Crippen LogP contribution in [0.4, 0.5) is 0 Å². The van der Waals surface area contributed by atoms with E-state index in [0.717, 1.165) is 20.8 Å². The molecule has 0 spiro atoms. The number of rotatable bonds is 22. The van der Waals surface area contributed by atoms with E-state index in [1.54, 1.807) is 0 Å². The maximum Gasteiger partial charge on any atom is 0.328 e. The summed E-state index contributed by atoms with van der Waals surface area (Å²) in [7, 11) is 0. The van der Waals surface area contributed by atoms with Crippen molar-refractivity contribution < 1.29 is 73.8 Å². The number of carbonyl (C=O) groups is 9. The number of nitrogens with one attached hydrogen (secondary N) is 8. The Morgan fingerprint density at radius 3 is 1.12 bits per heavy atom. The highest BCUT2D eigenvalue weighted by atomic mass is 16.4. The van der Waals surface area contributed by atoms with Gasteiger partial charge in [0.05, 0.1) is 57.2 Å². The Labute approximate surface area is 290 Å². The van der Waals surface area contributed by atoms with E-state index in [9.17, 15) is 68.7 Å². The second kappa shape index (κ2) is 22.7. The smallest absolute Gasteiger partial charge is 0.328 e. The third-order valence-corrected chi connectivity index (χ3v) is 6.58. The number of carboxylic acids is 1. The second-order valence-electron chi connectivity index (χ2n) is 11.1. The number of hydrogen-bond donors (Lipinski definition) is 15. The normalized spacial score (nSPS) is 16.1. The number of hydrogen-bond acceptors (Lipinski definition) is 15. The van der Waals surface area contributed by atoms with Gasteiger partial charge in [-0.3, -0.25) is 38.4 Å². The van der Waals surface area contributed by atoms with E-state index in [2.05, 4.69) is 37.2 Å². The number of aliphatic hydroxyl groups excluding tert-OH is 5. The van der Waals surface area contributed by atoms with E-state index in [1.165, 1.54) is 6.92 Å². The molecular weight excluding hydrogens is 690 g/mol. The van der Waals surface area contributed by atoms with Crippen molar-refractivity contribution in [3.8, 4) is 0 Å². The Kier molecular flexibility index (Phi) is 20.4. The first-order valence-corrected chi connectivity index (χ1v) is 15.2. The lowest BCUT2D eigenvalue weighted by Crippen LogP contribution is -2.58. The van der Waals surface area contributed by atoms with E-state index >= 15 is 0 Å². The summed E-state index contributed by atoms with van der Waals surface area (Å²) in [6.07, 6.45) is -5.69. The van der Waals surface area contributed by atoms with Crippen LogP contribution in [0, 0.1) is 0 Å². The first-order valence-electron chi connectivity index (χ1n) is 15.2. The molecule has 24 nitrogen and oxygen atoms in total. The van der Waals surface area contributed by atoms with Crippen LogP contribution in [0.1, 0.15) is 27.7 Å². The van der Waals surface area contributed by atoms with Crippen LogP contribution in [0.15, 0.2) is 0 Å². The lowest BCUT2D eigenvalue weighted by molar-refractivity contribution is -0.144. The first kappa shape index (κ1) is 46.0. The molecule has 0 aromatic heterocycles. The van der Waals surface area contributed by atoms with Gasteiger partial charge in [0, 0.05) is 0 Å². The average molecular weight is 738 g/mol. The molecule has 0 aliphatic rings. The molecule has 24 heteroatoms. The zero-order valence-corrected chi connectivity index (χ0v) is 28.2. The van der Waals surface area contributed by atoms with Gasteiger partial charge in [-0.25, -0.2) is 4.79 Å². The van der Waals surface area contributed by atoms with Crippen molar-refractivity contribution >= 4 is 53.2 Å². The molecule has 16 N–H and O–H groups in total. The molecular formula is C27H47N9O15. The lowest BCUT2D eigenvalue weighted by Gasteiger charge is -2.22. The second-order valence-corrected chi connectivity index (χ2v) is 11.1. The predicted octanol–water partition coefficient (Wildman–Crippen LogP) is -9.68. The number of aliphatic carboxylic acids is 1. The van der Waals surface area contributed by atoms with Gasteiger partial charge in [0.15, 0.2) is 6.04 Å². The highest BCUT2D eigenvalue weighted by molar-refractivity contribution is 5.96. The van der Waals surface area contributed by atoms with E-state index in [4.69, 9.17) is 10.8 Å². The molecule has 51 heavy (non-hydrogen) atoms. The first-order chi connectivity index (χ1) is 23.6. The van der Waals surface area contributed by atoms with Gasteiger partial charge in [0.2, 0.25) is 47.3 Å². The Bertz CT molecular complexity index is 1260. The minimum Gasteiger partial charge on any atom is -0.480 e. The summed E-state index contributed by atoms with van der Waals surface area (Å²) in [5.74, 6) is -9.64.